The SMILES string of the molecule is CCNC(=NCC(C)Cn1cccn1)NCCSC.I. The Kier molecular flexibility index (Phi) is 12.0. The summed E-state index contributed by atoms with van der Waals surface area (Å²) >= 11 is 1.83. The monoisotopic (exact) mass is 411 g/mol. The van der Waals surface area contributed by atoms with Crippen LogP contribution in [0.2, 0.25) is 0 Å². The van der Waals surface area contributed by atoms with E-state index in [9.17, 15) is 0 Å². The third-order valence-corrected chi connectivity index (χ3v) is 3.17. The van der Waals surface area contributed by atoms with E-state index in [0.717, 1.165) is 37.9 Å². The number of nitrogens with zero attached hydrogens (tertiary/aromatic N) is 3. The summed E-state index contributed by atoms with van der Waals surface area (Å²) in [5.41, 5.74) is 0. The van der Waals surface area contributed by atoms with Crippen molar-refractivity contribution < 1.29 is 0 Å². The van der Waals surface area contributed by atoms with Gasteiger partial charge in [-0.2, -0.15) is 16.9 Å². The third-order valence-electron chi connectivity index (χ3n) is 2.56. The van der Waals surface area contributed by atoms with Crippen molar-refractivity contribution in [1.82, 2.24) is 20.4 Å². The zero-order valence-electron chi connectivity index (χ0n) is 12.5. The van der Waals surface area contributed by atoms with Crippen LogP contribution >= 0.6 is 35.7 Å². The summed E-state index contributed by atoms with van der Waals surface area (Å²) in [6.07, 6.45) is 5.91. The van der Waals surface area contributed by atoms with E-state index in [1.165, 1.54) is 0 Å². The Hall–Kier alpha value is -0.440. The molecular weight excluding hydrogens is 385 g/mol. The first kappa shape index (κ1) is 19.6. The molecule has 116 valence electrons. The fourth-order valence-corrected chi connectivity index (χ4v) is 1.95. The van der Waals surface area contributed by atoms with Crippen molar-refractivity contribution in [3.8, 4) is 0 Å². The first-order valence-corrected chi connectivity index (χ1v) is 8.14. The first-order chi connectivity index (χ1) is 9.26. The smallest absolute Gasteiger partial charge is 0.191 e. The summed E-state index contributed by atoms with van der Waals surface area (Å²) in [6, 6.07) is 1.95. The summed E-state index contributed by atoms with van der Waals surface area (Å²) in [7, 11) is 0. The van der Waals surface area contributed by atoms with Crippen molar-refractivity contribution in [3.63, 3.8) is 0 Å². The normalized spacial score (nSPS) is 12.7. The summed E-state index contributed by atoms with van der Waals surface area (Å²) in [6.45, 7) is 7.81. The minimum Gasteiger partial charge on any atom is -0.357 e. The largest absolute Gasteiger partial charge is 0.357 e. The van der Waals surface area contributed by atoms with E-state index in [1.54, 1.807) is 0 Å². The molecule has 0 aliphatic rings. The second-order valence-electron chi connectivity index (χ2n) is 4.47. The highest BCUT2D eigenvalue weighted by atomic mass is 127. The summed E-state index contributed by atoms with van der Waals surface area (Å²) in [5.74, 6) is 2.47. The molecule has 0 aromatic carbocycles. The number of hydrogen-bond acceptors (Lipinski definition) is 3. The molecule has 0 spiro atoms. The number of rotatable bonds is 8. The van der Waals surface area contributed by atoms with Gasteiger partial charge in [0, 0.05) is 44.3 Å². The highest BCUT2D eigenvalue weighted by Gasteiger charge is 2.03. The van der Waals surface area contributed by atoms with Crippen LogP contribution < -0.4 is 10.6 Å². The third kappa shape index (κ3) is 8.68. The fourth-order valence-electron chi connectivity index (χ4n) is 1.65. The minimum atomic E-state index is 0. The van der Waals surface area contributed by atoms with Crippen LogP contribution in [-0.4, -0.2) is 47.4 Å². The Morgan fingerprint density at radius 3 is 2.85 bits per heavy atom. The predicted molar refractivity (Wildman–Crippen MR) is 99.2 cm³/mol. The predicted octanol–water partition coefficient (Wildman–Crippen LogP) is 2.06. The van der Waals surface area contributed by atoms with Gasteiger partial charge in [-0.3, -0.25) is 9.67 Å². The van der Waals surface area contributed by atoms with Gasteiger partial charge in [-0.15, -0.1) is 24.0 Å². The van der Waals surface area contributed by atoms with Gasteiger partial charge in [-0.1, -0.05) is 6.92 Å². The van der Waals surface area contributed by atoms with E-state index in [1.807, 2.05) is 34.9 Å². The molecule has 0 aliphatic carbocycles. The molecule has 1 rings (SSSR count). The molecule has 0 saturated heterocycles. The van der Waals surface area contributed by atoms with Crippen LogP contribution in [0.25, 0.3) is 0 Å². The lowest BCUT2D eigenvalue weighted by Gasteiger charge is -2.13. The van der Waals surface area contributed by atoms with E-state index in [-0.39, 0.29) is 24.0 Å². The number of aliphatic imine (C=N–C) groups is 1. The maximum Gasteiger partial charge on any atom is 0.191 e. The zero-order chi connectivity index (χ0) is 13.9. The summed E-state index contributed by atoms with van der Waals surface area (Å²) < 4.78 is 1.95. The molecule has 1 aromatic heterocycles. The quantitative estimate of drug-likeness (QED) is 0.298. The zero-order valence-corrected chi connectivity index (χ0v) is 15.6. The van der Waals surface area contributed by atoms with Gasteiger partial charge in [0.1, 0.15) is 0 Å². The van der Waals surface area contributed by atoms with Crippen molar-refractivity contribution in [2.75, 3.05) is 31.6 Å². The summed E-state index contributed by atoms with van der Waals surface area (Å²) in [4.78, 5) is 4.61. The van der Waals surface area contributed by atoms with Gasteiger partial charge in [0.15, 0.2) is 5.96 Å². The molecule has 2 N–H and O–H groups in total. The van der Waals surface area contributed by atoms with Gasteiger partial charge in [0.25, 0.3) is 0 Å². The Balaban J connectivity index is 0.00000361. The van der Waals surface area contributed by atoms with Crippen molar-refractivity contribution in [2.45, 2.75) is 20.4 Å². The number of halogens is 1. The van der Waals surface area contributed by atoms with E-state index in [0.29, 0.717) is 5.92 Å². The van der Waals surface area contributed by atoms with Gasteiger partial charge in [0.2, 0.25) is 0 Å². The number of nitrogens with one attached hydrogen (secondary N) is 2. The van der Waals surface area contributed by atoms with Gasteiger partial charge in [0.05, 0.1) is 0 Å². The average Bonchev–Trinajstić information content (AvgIpc) is 2.89. The standard InChI is InChI=1S/C13H25N5S.HI/c1-4-14-13(15-7-9-19-3)16-10-12(2)11-18-8-5-6-17-18;/h5-6,8,12H,4,7,9-11H2,1-3H3,(H2,14,15,16);1H. The molecule has 1 unspecified atom stereocenters. The Morgan fingerprint density at radius 1 is 1.45 bits per heavy atom. The Bertz CT molecular complexity index is 356. The van der Waals surface area contributed by atoms with Crippen molar-refractivity contribution in [2.24, 2.45) is 10.9 Å². The maximum atomic E-state index is 4.61. The van der Waals surface area contributed by atoms with Crippen molar-refractivity contribution in [3.05, 3.63) is 18.5 Å². The van der Waals surface area contributed by atoms with Crippen LogP contribution in [0.4, 0.5) is 0 Å². The molecule has 0 amide bonds. The van der Waals surface area contributed by atoms with Crippen LogP contribution in [0.5, 0.6) is 0 Å². The molecule has 1 heterocycles. The molecule has 7 heteroatoms. The van der Waals surface area contributed by atoms with E-state index >= 15 is 0 Å². The molecule has 20 heavy (non-hydrogen) atoms. The fraction of sp³-hybridized carbons (Fsp3) is 0.692. The Labute approximate surface area is 143 Å². The lowest BCUT2D eigenvalue weighted by atomic mass is 10.2. The van der Waals surface area contributed by atoms with Gasteiger partial charge >= 0.3 is 0 Å². The molecule has 0 aliphatic heterocycles. The molecule has 0 saturated carbocycles. The molecule has 0 radical (unpaired) electrons. The lowest BCUT2D eigenvalue weighted by Crippen LogP contribution is -2.38. The highest BCUT2D eigenvalue weighted by Crippen LogP contribution is 2.00. The lowest BCUT2D eigenvalue weighted by molar-refractivity contribution is 0.458. The molecular formula is C13H26IN5S. The average molecular weight is 411 g/mol. The van der Waals surface area contributed by atoms with Gasteiger partial charge in [-0.25, -0.2) is 0 Å². The van der Waals surface area contributed by atoms with E-state index in [4.69, 9.17) is 0 Å². The van der Waals surface area contributed by atoms with Gasteiger partial charge in [-0.05, 0) is 25.2 Å². The van der Waals surface area contributed by atoms with Crippen LogP contribution in [0.15, 0.2) is 23.5 Å². The number of guanidine groups is 1. The first-order valence-electron chi connectivity index (χ1n) is 6.74. The maximum absolute atomic E-state index is 4.61. The van der Waals surface area contributed by atoms with Crippen molar-refractivity contribution >= 4 is 41.7 Å². The number of thioether (sulfide) groups is 1. The summed E-state index contributed by atoms with van der Waals surface area (Å²) in [5, 5.41) is 10.8. The van der Waals surface area contributed by atoms with Crippen LogP contribution in [-0.2, 0) is 6.54 Å². The number of aromatic nitrogens is 2. The molecule has 1 atom stereocenters. The Morgan fingerprint density at radius 2 is 2.25 bits per heavy atom. The number of hydrogen-bond donors (Lipinski definition) is 2. The molecule has 5 nitrogen and oxygen atoms in total. The van der Waals surface area contributed by atoms with Crippen LogP contribution in [0.3, 0.4) is 0 Å². The van der Waals surface area contributed by atoms with Crippen LogP contribution in [0, 0.1) is 5.92 Å². The topological polar surface area (TPSA) is 54.2 Å². The van der Waals surface area contributed by atoms with Crippen molar-refractivity contribution in [1.29, 1.82) is 0 Å². The van der Waals surface area contributed by atoms with Gasteiger partial charge < -0.3 is 10.6 Å². The van der Waals surface area contributed by atoms with E-state index in [2.05, 4.69) is 40.8 Å². The minimum absolute atomic E-state index is 0. The molecule has 1 aromatic rings. The van der Waals surface area contributed by atoms with Crippen LogP contribution in [0.1, 0.15) is 13.8 Å². The van der Waals surface area contributed by atoms with E-state index < -0.39 is 0 Å². The second kappa shape index (κ2) is 12.3. The highest BCUT2D eigenvalue weighted by molar-refractivity contribution is 14.0. The second-order valence-corrected chi connectivity index (χ2v) is 5.46. The molecule has 0 bridgehead atoms. The molecule has 0 fully saturated rings.